The number of halogens is 2. The van der Waals surface area contributed by atoms with Crippen LogP contribution in [0.5, 0.6) is 0 Å². The molecule has 2 nitrogen and oxygen atoms in total. The molecule has 18 heavy (non-hydrogen) atoms. The molecule has 0 fully saturated rings. The van der Waals surface area contributed by atoms with Crippen LogP contribution in [-0.4, -0.2) is 11.1 Å². The van der Waals surface area contributed by atoms with Crippen molar-refractivity contribution in [1.82, 2.24) is 0 Å². The third-order valence-corrected chi connectivity index (χ3v) is 2.69. The van der Waals surface area contributed by atoms with Crippen LogP contribution in [0.1, 0.15) is 45.1 Å². The van der Waals surface area contributed by atoms with E-state index in [9.17, 15) is 13.6 Å². The van der Waals surface area contributed by atoms with Crippen molar-refractivity contribution >= 4 is 5.97 Å². The summed E-state index contributed by atoms with van der Waals surface area (Å²) in [7, 11) is 0. The topological polar surface area (TPSA) is 37.3 Å². The van der Waals surface area contributed by atoms with Crippen LogP contribution in [0.15, 0.2) is 18.2 Å². The monoisotopic (exact) mass is 256 g/mol. The molecule has 1 unspecified atom stereocenters. The van der Waals surface area contributed by atoms with Crippen LogP contribution in [0, 0.1) is 17.0 Å². The van der Waals surface area contributed by atoms with Crippen molar-refractivity contribution in [3.8, 4) is 0 Å². The molecular weight excluding hydrogens is 238 g/mol. The molecule has 1 atom stereocenters. The molecular formula is C14H18F2O2. The maximum Gasteiger partial charge on any atom is 0.303 e. The fourth-order valence-corrected chi connectivity index (χ4v) is 2.02. The van der Waals surface area contributed by atoms with E-state index in [0.717, 1.165) is 12.1 Å². The summed E-state index contributed by atoms with van der Waals surface area (Å²) >= 11 is 0. The lowest BCUT2D eigenvalue weighted by molar-refractivity contribution is -0.137. The van der Waals surface area contributed by atoms with Gasteiger partial charge in [0.15, 0.2) is 11.6 Å². The fraction of sp³-hybridized carbons (Fsp3) is 0.500. The van der Waals surface area contributed by atoms with Crippen LogP contribution < -0.4 is 0 Å². The van der Waals surface area contributed by atoms with Crippen LogP contribution in [0.3, 0.4) is 0 Å². The van der Waals surface area contributed by atoms with Crippen molar-refractivity contribution in [3.63, 3.8) is 0 Å². The first-order chi connectivity index (χ1) is 8.19. The first-order valence-corrected chi connectivity index (χ1v) is 5.86. The third kappa shape index (κ3) is 4.43. The number of carbonyl (C=O) groups is 1. The Morgan fingerprint density at radius 2 is 1.89 bits per heavy atom. The number of hydrogen-bond acceptors (Lipinski definition) is 1. The van der Waals surface area contributed by atoms with Gasteiger partial charge in [-0.3, -0.25) is 4.79 Å². The summed E-state index contributed by atoms with van der Waals surface area (Å²) in [5.74, 6) is -3.09. The average Bonchev–Trinajstić information content (AvgIpc) is 2.18. The van der Waals surface area contributed by atoms with Gasteiger partial charge in [0.2, 0.25) is 0 Å². The van der Waals surface area contributed by atoms with E-state index < -0.39 is 17.6 Å². The lowest BCUT2D eigenvalue weighted by Crippen LogP contribution is -2.15. The van der Waals surface area contributed by atoms with Crippen molar-refractivity contribution in [2.24, 2.45) is 5.41 Å². The number of carboxylic acids is 1. The zero-order valence-electron chi connectivity index (χ0n) is 10.8. The van der Waals surface area contributed by atoms with E-state index in [-0.39, 0.29) is 17.8 Å². The highest BCUT2D eigenvalue weighted by Gasteiger charge is 2.23. The van der Waals surface area contributed by atoms with Crippen LogP contribution in [-0.2, 0) is 4.79 Å². The van der Waals surface area contributed by atoms with Crippen molar-refractivity contribution in [2.45, 2.75) is 39.5 Å². The molecule has 0 saturated carbocycles. The SMILES string of the molecule is CC(C)(C)CC(CC(=O)O)c1ccc(F)c(F)c1. The molecule has 0 radical (unpaired) electrons. The van der Waals surface area contributed by atoms with Crippen LogP contribution in [0.4, 0.5) is 8.78 Å². The molecule has 1 aromatic carbocycles. The van der Waals surface area contributed by atoms with E-state index >= 15 is 0 Å². The molecule has 0 aliphatic rings. The summed E-state index contributed by atoms with van der Waals surface area (Å²) in [5.41, 5.74) is 0.455. The Bertz CT molecular complexity index is 436. The first kappa shape index (κ1) is 14.6. The Hall–Kier alpha value is -1.45. The molecule has 1 rings (SSSR count). The van der Waals surface area contributed by atoms with Gasteiger partial charge in [-0.1, -0.05) is 26.8 Å². The Labute approximate surface area is 106 Å². The van der Waals surface area contributed by atoms with Gasteiger partial charge in [-0.05, 0) is 35.4 Å². The minimum absolute atomic E-state index is 0.0784. The normalized spacial score (nSPS) is 13.4. The van der Waals surface area contributed by atoms with Gasteiger partial charge in [0.25, 0.3) is 0 Å². The van der Waals surface area contributed by atoms with E-state index in [2.05, 4.69) is 0 Å². The first-order valence-electron chi connectivity index (χ1n) is 5.86. The summed E-state index contributed by atoms with van der Waals surface area (Å²) in [6, 6.07) is 3.59. The molecule has 0 heterocycles. The molecule has 1 N–H and O–H groups in total. The number of benzene rings is 1. The van der Waals surface area contributed by atoms with Crippen molar-refractivity contribution in [1.29, 1.82) is 0 Å². The second-order valence-corrected chi connectivity index (χ2v) is 5.73. The highest BCUT2D eigenvalue weighted by Crippen LogP contribution is 2.34. The maximum atomic E-state index is 13.2. The van der Waals surface area contributed by atoms with Gasteiger partial charge in [0, 0.05) is 0 Å². The summed E-state index contributed by atoms with van der Waals surface area (Å²) < 4.78 is 26.1. The van der Waals surface area contributed by atoms with Gasteiger partial charge >= 0.3 is 5.97 Å². The van der Waals surface area contributed by atoms with Gasteiger partial charge in [0.1, 0.15) is 0 Å². The predicted molar refractivity (Wildman–Crippen MR) is 65.4 cm³/mol. The molecule has 0 aromatic heterocycles. The lowest BCUT2D eigenvalue weighted by Gasteiger charge is -2.25. The second-order valence-electron chi connectivity index (χ2n) is 5.73. The van der Waals surface area contributed by atoms with Gasteiger partial charge in [-0.2, -0.15) is 0 Å². The Morgan fingerprint density at radius 3 is 2.33 bits per heavy atom. The quantitative estimate of drug-likeness (QED) is 0.885. The number of carboxylic acid groups (broad SMARTS) is 1. The van der Waals surface area contributed by atoms with E-state index in [1.807, 2.05) is 20.8 Å². The Kier molecular flexibility index (Phi) is 4.43. The summed E-state index contributed by atoms with van der Waals surface area (Å²) in [6.45, 7) is 5.96. The lowest BCUT2D eigenvalue weighted by atomic mass is 9.80. The summed E-state index contributed by atoms with van der Waals surface area (Å²) in [4.78, 5) is 10.9. The predicted octanol–water partition coefficient (Wildman–Crippen LogP) is 3.96. The van der Waals surface area contributed by atoms with Crippen molar-refractivity contribution in [3.05, 3.63) is 35.4 Å². The van der Waals surface area contributed by atoms with Gasteiger partial charge in [-0.15, -0.1) is 0 Å². The fourth-order valence-electron chi connectivity index (χ4n) is 2.02. The summed E-state index contributed by atoms with van der Waals surface area (Å²) in [5, 5.41) is 8.90. The number of aliphatic carboxylic acids is 1. The molecule has 0 aliphatic carbocycles. The molecule has 4 heteroatoms. The number of rotatable bonds is 4. The molecule has 100 valence electrons. The molecule has 0 aliphatic heterocycles. The standard InChI is InChI=1S/C14H18F2O2/c1-14(2,3)8-10(7-13(17)18)9-4-5-11(15)12(16)6-9/h4-6,10H,7-8H2,1-3H3,(H,17,18). The molecule has 0 saturated heterocycles. The van der Waals surface area contributed by atoms with E-state index in [1.165, 1.54) is 6.07 Å². The van der Waals surface area contributed by atoms with E-state index in [0.29, 0.717) is 12.0 Å². The Morgan fingerprint density at radius 1 is 1.28 bits per heavy atom. The molecule has 0 bridgehead atoms. The number of hydrogen-bond donors (Lipinski definition) is 1. The average molecular weight is 256 g/mol. The zero-order chi connectivity index (χ0) is 13.9. The third-order valence-electron chi connectivity index (χ3n) is 2.69. The smallest absolute Gasteiger partial charge is 0.303 e. The van der Waals surface area contributed by atoms with Crippen molar-refractivity contribution in [2.75, 3.05) is 0 Å². The van der Waals surface area contributed by atoms with Crippen LogP contribution in [0.2, 0.25) is 0 Å². The molecule has 0 spiro atoms. The second kappa shape index (κ2) is 5.46. The Balaban J connectivity index is 3.01. The van der Waals surface area contributed by atoms with Gasteiger partial charge in [-0.25, -0.2) is 8.78 Å². The van der Waals surface area contributed by atoms with Gasteiger partial charge in [0.05, 0.1) is 6.42 Å². The molecule has 1 aromatic rings. The minimum atomic E-state index is -0.936. The van der Waals surface area contributed by atoms with Crippen molar-refractivity contribution < 1.29 is 18.7 Å². The largest absolute Gasteiger partial charge is 0.481 e. The van der Waals surface area contributed by atoms with Crippen LogP contribution in [0.25, 0.3) is 0 Å². The van der Waals surface area contributed by atoms with E-state index in [4.69, 9.17) is 5.11 Å². The highest BCUT2D eigenvalue weighted by molar-refractivity contribution is 5.68. The zero-order valence-corrected chi connectivity index (χ0v) is 10.8. The molecule has 0 amide bonds. The van der Waals surface area contributed by atoms with Crippen LogP contribution >= 0.6 is 0 Å². The highest BCUT2D eigenvalue weighted by atomic mass is 19.2. The summed E-state index contributed by atoms with van der Waals surface area (Å²) in [6.07, 6.45) is 0.521. The minimum Gasteiger partial charge on any atom is -0.481 e. The maximum absolute atomic E-state index is 13.2. The van der Waals surface area contributed by atoms with Gasteiger partial charge < -0.3 is 5.11 Å². The van der Waals surface area contributed by atoms with E-state index in [1.54, 1.807) is 0 Å².